The van der Waals surface area contributed by atoms with Crippen molar-refractivity contribution < 1.29 is 33.0 Å². The van der Waals surface area contributed by atoms with E-state index in [1.165, 1.54) is 35.2 Å². The van der Waals surface area contributed by atoms with Crippen LogP contribution in [0.1, 0.15) is 20.1 Å². The number of fused-ring (bicyclic) bond motifs is 1. The lowest BCUT2D eigenvalue weighted by Gasteiger charge is -2.16. The molecule has 0 radical (unpaired) electrons. The molecule has 1 saturated heterocycles. The summed E-state index contributed by atoms with van der Waals surface area (Å²) in [5.41, 5.74) is 0.671. The highest BCUT2D eigenvalue weighted by Gasteiger charge is 2.47. The number of aromatic nitrogens is 4. The van der Waals surface area contributed by atoms with Crippen molar-refractivity contribution in [2.45, 2.75) is 43.3 Å². The van der Waals surface area contributed by atoms with Gasteiger partial charge in [0.15, 0.2) is 29.3 Å². The SMILES string of the molecule is CCNC(=O)[C@H]1O[C@@H](n2cnc3c(NC(=O)Nc4ccc(S(=O)(=O)NCC)cc4)ncnc32)C(O)C1O. The zero-order valence-electron chi connectivity index (χ0n) is 19.8. The van der Waals surface area contributed by atoms with E-state index in [2.05, 4.69) is 35.6 Å². The molecule has 198 valence electrons. The predicted molar refractivity (Wildman–Crippen MR) is 130 cm³/mol. The summed E-state index contributed by atoms with van der Waals surface area (Å²) in [5.74, 6) is -0.525. The molecule has 0 bridgehead atoms. The van der Waals surface area contributed by atoms with Crippen molar-refractivity contribution in [1.82, 2.24) is 29.6 Å². The van der Waals surface area contributed by atoms with Crippen LogP contribution in [0.15, 0.2) is 41.8 Å². The molecule has 4 rings (SSSR count). The molecule has 15 nitrogen and oxygen atoms in total. The Morgan fingerprint density at radius 2 is 1.76 bits per heavy atom. The first-order chi connectivity index (χ1) is 17.7. The summed E-state index contributed by atoms with van der Waals surface area (Å²) in [6.07, 6.45) is -2.93. The van der Waals surface area contributed by atoms with Crippen molar-refractivity contribution in [3.8, 4) is 0 Å². The van der Waals surface area contributed by atoms with E-state index in [-0.39, 0.29) is 28.4 Å². The number of likely N-dealkylation sites (N-methyl/N-ethyl adjacent to an activating group) is 1. The number of hydrogen-bond donors (Lipinski definition) is 6. The number of urea groups is 1. The van der Waals surface area contributed by atoms with Gasteiger partial charge in [-0.3, -0.25) is 14.7 Å². The first kappa shape index (κ1) is 26.4. The normalized spacial score (nSPS) is 21.6. The number of anilines is 2. The van der Waals surface area contributed by atoms with Gasteiger partial charge in [-0.1, -0.05) is 6.92 Å². The van der Waals surface area contributed by atoms with E-state index in [9.17, 15) is 28.2 Å². The Labute approximate surface area is 211 Å². The maximum Gasteiger partial charge on any atom is 0.324 e. The average Bonchev–Trinajstić information content (AvgIpc) is 3.41. The van der Waals surface area contributed by atoms with Gasteiger partial charge in [0.2, 0.25) is 10.0 Å². The molecule has 1 aliphatic heterocycles. The molecule has 1 fully saturated rings. The summed E-state index contributed by atoms with van der Waals surface area (Å²) in [7, 11) is -3.62. The largest absolute Gasteiger partial charge is 0.387 e. The number of carbonyl (C=O) groups excluding carboxylic acids is 2. The number of ether oxygens (including phenoxy) is 1. The molecule has 0 saturated carbocycles. The Morgan fingerprint density at radius 3 is 2.43 bits per heavy atom. The number of carbonyl (C=O) groups is 2. The van der Waals surface area contributed by atoms with E-state index < -0.39 is 46.5 Å². The van der Waals surface area contributed by atoms with Gasteiger partial charge in [-0.2, -0.15) is 0 Å². The number of benzene rings is 1. The monoisotopic (exact) mass is 534 g/mol. The summed E-state index contributed by atoms with van der Waals surface area (Å²) >= 11 is 0. The minimum atomic E-state index is -3.62. The van der Waals surface area contributed by atoms with E-state index in [4.69, 9.17) is 4.74 Å². The third kappa shape index (κ3) is 5.37. The number of hydrogen-bond acceptors (Lipinski definition) is 10. The summed E-state index contributed by atoms with van der Waals surface area (Å²) < 4.78 is 33.4. The third-order valence-electron chi connectivity index (χ3n) is 5.47. The highest BCUT2D eigenvalue weighted by molar-refractivity contribution is 7.89. The van der Waals surface area contributed by atoms with Gasteiger partial charge in [-0.05, 0) is 31.2 Å². The third-order valence-corrected chi connectivity index (χ3v) is 7.03. The summed E-state index contributed by atoms with van der Waals surface area (Å²) in [6.45, 7) is 3.95. The van der Waals surface area contributed by atoms with Gasteiger partial charge in [-0.25, -0.2) is 32.9 Å². The van der Waals surface area contributed by atoms with Crippen LogP contribution in [0.2, 0.25) is 0 Å². The lowest BCUT2D eigenvalue weighted by atomic mass is 10.1. The number of amides is 3. The zero-order chi connectivity index (χ0) is 26.7. The molecule has 1 aromatic carbocycles. The molecular formula is C21H26N8O7S. The van der Waals surface area contributed by atoms with Crippen molar-refractivity contribution in [2.75, 3.05) is 23.7 Å². The maximum atomic E-state index is 12.6. The number of imidazole rings is 1. The molecule has 1 aliphatic rings. The van der Waals surface area contributed by atoms with E-state index in [1.807, 2.05) is 0 Å². The fourth-order valence-corrected chi connectivity index (χ4v) is 4.81. The second-order valence-electron chi connectivity index (χ2n) is 7.97. The maximum absolute atomic E-state index is 12.6. The Balaban J connectivity index is 1.49. The van der Waals surface area contributed by atoms with Gasteiger partial charge >= 0.3 is 6.03 Å². The smallest absolute Gasteiger partial charge is 0.324 e. The minimum absolute atomic E-state index is 0.0425. The van der Waals surface area contributed by atoms with Crippen LogP contribution in [0.3, 0.4) is 0 Å². The van der Waals surface area contributed by atoms with Gasteiger partial charge in [0, 0.05) is 18.8 Å². The highest BCUT2D eigenvalue weighted by atomic mass is 32.2. The molecule has 16 heteroatoms. The lowest BCUT2D eigenvalue weighted by Crippen LogP contribution is -2.42. The Bertz CT molecular complexity index is 1400. The highest BCUT2D eigenvalue weighted by Crippen LogP contribution is 2.32. The average molecular weight is 535 g/mol. The standard InChI is InChI=1S/C21H26N8O7S/c1-3-22-19(32)16-14(30)15(31)20(36-16)29-10-25-13-17(23-9-24-18(13)29)28-21(33)27-11-5-7-12(8-6-11)37(34,35)26-4-2/h5-10,14-16,20,26,30-31H,3-4H2,1-2H3,(H,22,32)(H2,23,24,27,28,33)/t14?,15?,16-,20+/m0/s1. The van der Waals surface area contributed by atoms with Crippen LogP contribution in [0.25, 0.3) is 11.2 Å². The molecular weight excluding hydrogens is 508 g/mol. The van der Waals surface area contributed by atoms with Crippen LogP contribution in [0, 0.1) is 0 Å². The summed E-state index contributed by atoms with van der Waals surface area (Å²) in [5, 5.41) is 28.4. The van der Waals surface area contributed by atoms with Crippen molar-refractivity contribution in [2.24, 2.45) is 0 Å². The molecule has 0 spiro atoms. The molecule has 37 heavy (non-hydrogen) atoms. The van der Waals surface area contributed by atoms with Gasteiger partial charge in [0.1, 0.15) is 18.5 Å². The van der Waals surface area contributed by atoms with E-state index >= 15 is 0 Å². The summed E-state index contributed by atoms with van der Waals surface area (Å²) in [6, 6.07) is 4.90. The van der Waals surface area contributed by atoms with E-state index in [0.29, 0.717) is 12.2 Å². The van der Waals surface area contributed by atoms with Crippen molar-refractivity contribution >= 4 is 44.6 Å². The number of aliphatic hydroxyl groups excluding tert-OH is 2. The van der Waals surface area contributed by atoms with Gasteiger partial charge in [-0.15, -0.1) is 0 Å². The number of aliphatic hydroxyl groups is 2. The van der Waals surface area contributed by atoms with E-state index in [1.54, 1.807) is 13.8 Å². The second-order valence-corrected chi connectivity index (χ2v) is 9.74. The fourth-order valence-electron chi connectivity index (χ4n) is 3.77. The Hall–Kier alpha value is -3.70. The topological polar surface area (TPSA) is 210 Å². The fraction of sp³-hybridized carbons (Fsp3) is 0.381. The number of nitrogens with zero attached hydrogens (tertiary/aromatic N) is 4. The van der Waals surface area contributed by atoms with E-state index in [0.717, 1.165) is 6.33 Å². The Morgan fingerprint density at radius 1 is 1.03 bits per heavy atom. The molecule has 3 aromatic rings. The molecule has 3 amide bonds. The van der Waals surface area contributed by atoms with Crippen LogP contribution < -0.4 is 20.7 Å². The predicted octanol–water partition coefficient (Wildman–Crippen LogP) is -0.476. The molecule has 0 aliphatic carbocycles. The molecule has 4 atom stereocenters. The van der Waals surface area contributed by atoms with Crippen LogP contribution >= 0.6 is 0 Å². The molecule has 6 N–H and O–H groups in total. The van der Waals surface area contributed by atoms with Gasteiger partial charge < -0.3 is 25.6 Å². The number of sulfonamides is 1. The van der Waals surface area contributed by atoms with Crippen LogP contribution in [-0.4, -0.2) is 81.5 Å². The van der Waals surface area contributed by atoms with Crippen molar-refractivity contribution in [1.29, 1.82) is 0 Å². The molecule has 3 heterocycles. The second kappa shape index (κ2) is 10.7. The first-order valence-electron chi connectivity index (χ1n) is 11.3. The number of rotatable bonds is 8. The molecule has 2 aromatic heterocycles. The Kier molecular flexibility index (Phi) is 7.65. The van der Waals surface area contributed by atoms with Crippen LogP contribution in [0.4, 0.5) is 16.3 Å². The summed E-state index contributed by atoms with van der Waals surface area (Å²) in [4.78, 5) is 37.1. The zero-order valence-corrected chi connectivity index (χ0v) is 20.6. The van der Waals surface area contributed by atoms with Crippen LogP contribution in [-0.2, 0) is 19.6 Å². The quantitative estimate of drug-likeness (QED) is 0.219. The van der Waals surface area contributed by atoms with Crippen molar-refractivity contribution in [3.05, 3.63) is 36.9 Å². The van der Waals surface area contributed by atoms with Gasteiger partial charge in [0.05, 0.1) is 11.2 Å². The molecule has 2 unspecified atom stereocenters. The number of nitrogens with one attached hydrogen (secondary N) is 4. The van der Waals surface area contributed by atoms with Gasteiger partial charge in [0.25, 0.3) is 5.91 Å². The minimum Gasteiger partial charge on any atom is -0.387 e. The van der Waals surface area contributed by atoms with Crippen molar-refractivity contribution in [3.63, 3.8) is 0 Å². The van der Waals surface area contributed by atoms with Crippen LogP contribution in [0.5, 0.6) is 0 Å². The first-order valence-corrected chi connectivity index (χ1v) is 12.8. The lowest BCUT2D eigenvalue weighted by molar-refractivity contribution is -0.137.